The van der Waals surface area contributed by atoms with Crippen LogP contribution in [0.5, 0.6) is 0 Å². The Balaban J connectivity index is 4.50. The third-order valence-corrected chi connectivity index (χ3v) is 3.22. The molecule has 0 aromatic heterocycles. The number of hydroxylamine groups is 4. The Bertz CT molecular complexity index is 328. The number of carbonyl (C=O) groups is 1. The van der Waals surface area contributed by atoms with Gasteiger partial charge >= 0.3 is 6.16 Å². The Labute approximate surface area is 134 Å². The van der Waals surface area contributed by atoms with Gasteiger partial charge in [0.2, 0.25) is 0 Å². The van der Waals surface area contributed by atoms with Crippen LogP contribution in [0.15, 0.2) is 50.6 Å². The molecule has 5 heteroatoms. The first-order valence-electron chi connectivity index (χ1n) is 7.29. The molecule has 0 fully saturated rings. The lowest BCUT2D eigenvalue weighted by molar-refractivity contribution is -0.194. The molecule has 5 nitrogen and oxygen atoms in total. The molecule has 0 unspecified atom stereocenters. The van der Waals surface area contributed by atoms with E-state index in [1.54, 1.807) is 38.4 Å². The molecule has 0 N–H and O–H groups in total. The smallest absolute Gasteiger partial charge is 0.334 e. The van der Waals surface area contributed by atoms with Gasteiger partial charge in [0, 0.05) is 14.1 Å². The summed E-state index contributed by atoms with van der Waals surface area (Å²) >= 11 is 0. The second kappa shape index (κ2) is 11.8. The minimum absolute atomic E-state index is 0.00926. The lowest BCUT2D eigenvalue weighted by Gasteiger charge is -2.27. The van der Waals surface area contributed by atoms with Crippen LogP contribution in [0.3, 0.4) is 0 Å². The van der Waals surface area contributed by atoms with Crippen LogP contribution in [0, 0.1) is 0 Å². The zero-order chi connectivity index (χ0) is 17.0. The summed E-state index contributed by atoms with van der Waals surface area (Å²) in [6, 6.07) is -0.0185. The van der Waals surface area contributed by atoms with Crippen LogP contribution >= 0.6 is 0 Å². The van der Waals surface area contributed by atoms with E-state index in [1.807, 2.05) is 0 Å². The van der Waals surface area contributed by atoms with Crippen molar-refractivity contribution in [2.24, 2.45) is 0 Å². The molecule has 0 saturated heterocycles. The van der Waals surface area contributed by atoms with Gasteiger partial charge in [-0.1, -0.05) is 24.3 Å². The van der Waals surface area contributed by atoms with Gasteiger partial charge in [0.15, 0.2) is 0 Å². The third kappa shape index (κ3) is 7.81. The molecular weight excluding hydrogens is 280 g/mol. The van der Waals surface area contributed by atoms with Gasteiger partial charge < -0.3 is 9.68 Å². The second-order valence-electron chi connectivity index (χ2n) is 4.93. The summed E-state index contributed by atoms with van der Waals surface area (Å²) in [5.41, 5.74) is 0. The van der Waals surface area contributed by atoms with Crippen LogP contribution in [0.2, 0.25) is 0 Å². The highest BCUT2D eigenvalue weighted by atomic mass is 16.9. The van der Waals surface area contributed by atoms with E-state index < -0.39 is 6.16 Å². The minimum atomic E-state index is -0.777. The molecule has 0 aromatic rings. The molecule has 0 heterocycles. The van der Waals surface area contributed by atoms with Crippen LogP contribution in [0.1, 0.15) is 25.7 Å². The molecule has 0 bridgehead atoms. The van der Waals surface area contributed by atoms with E-state index in [4.69, 9.17) is 9.68 Å². The van der Waals surface area contributed by atoms with E-state index in [2.05, 4.69) is 26.3 Å². The quantitative estimate of drug-likeness (QED) is 0.404. The standard InChI is InChI=1S/C17H28N2O3/c1-7-11-15(12-8-2)18(5)21-17(20)22-19(6)16(13-9-3)14-10-4/h7-10,15-16H,1-4,11-14H2,5-6H3. The van der Waals surface area contributed by atoms with E-state index in [-0.39, 0.29) is 12.1 Å². The topological polar surface area (TPSA) is 42.0 Å². The Hall–Kier alpha value is -1.85. The average Bonchev–Trinajstić information content (AvgIpc) is 2.46. The molecule has 0 aliphatic heterocycles. The van der Waals surface area contributed by atoms with Gasteiger partial charge in [0.05, 0.1) is 12.1 Å². The molecule has 0 aromatic carbocycles. The number of carbonyl (C=O) groups excluding carboxylic acids is 1. The normalized spacial score (nSPS) is 10.8. The first-order valence-corrected chi connectivity index (χ1v) is 7.29. The largest absolute Gasteiger partial charge is 0.547 e. The van der Waals surface area contributed by atoms with Crippen LogP contribution in [-0.4, -0.2) is 42.5 Å². The number of hydrogen-bond acceptors (Lipinski definition) is 5. The summed E-state index contributed by atoms with van der Waals surface area (Å²) in [7, 11) is 3.37. The Morgan fingerprint density at radius 2 is 1.09 bits per heavy atom. The second-order valence-corrected chi connectivity index (χ2v) is 4.93. The third-order valence-electron chi connectivity index (χ3n) is 3.22. The van der Waals surface area contributed by atoms with E-state index in [0.29, 0.717) is 25.7 Å². The van der Waals surface area contributed by atoms with Crippen molar-refractivity contribution in [1.82, 2.24) is 10.1 Å². The maximum absolute atomic E-state index is 11.9. The van der Waals surface area contributed by atoms with Crippen LogP contribution in [-0.2, 0) is 9.68 Å². The zero-order valence-corrected chi connectivity index (χ0v) is 13.7. The molecule has 0 aliphatic carbocycles. The highest BCUT2D eigenvalue weighted by Crippen LogP contribution is 2.12. The van der Waals surface area contributed by atoms with Gasteiger partial charge in [-0.3, -0.25) is 0 Å². The molecule has 0 aliphatic rings. The molecule has 22 heavy (non-hydrogen) atoms. The molecule has 0 rings (SSSR count). The molecular formula is C17H28N2O3. The predicted octanol–water partition coefficient (Wildman–Crippen LogP) is 3.87. The predicted molar refractivity (Wildman–Crippen MR) is 89.9 cm³/mol. The van der Waals surface area contributed by atoms with Gasteiger partial charge in [-0.25, -0.2) is 0 Å². The maximum Gasteiger partial charge on any atom is 0.547 e. The van der Waals surface area contributed by atoms with Crippen molar-refractivity contribution in [3.63, 3.8) is 0 Å². The van der Waals surface area contributed by atoms with E-state index in [0.717, 1.165) is 0 Å². The van der Waals surface area contributed by atoms with Gasteiger partial charge in [-0.15, -0.1) is 36.4 Å². The SMILES string of the molecule is C=CCC(CC=C)N(C)OC(=O)ON(C)C(CC=C)CC=C. The Morgan fingerprint density at radius 3 is 1.32 bits per heavy atom. The maximum atomic E-state index is 11.9. The number of rotatable bonds is 12. The molecule has 0 atom stereocenters. The van der Waals surface area contributed by atoms with Crippen molar-refractivity contribution in [3.8, 4) is 0 Å². The first kappa shape index (κ1) is 20.1. The summed E-state index contributed by atoms with van der Waals surface area (Å²) in [6.07, 6.45) is 9.04. The Kier molecular flexibility index (Phi) is 10.8. The van der Waals surface area contributed by atoms with Crippen LogP contribution in [0.25, 0.3) is 0 Å². The fourth-order valence-electron chi connectivity index (χ4n) is 1.96. The first-order chi connectivity index (χ1) is 10.5. The van der Waals surface area contributed by atoms with Gasteiger partial charge in [-0.2, -0.15) is 4.79 Å². The van der Waals surface area contributed by atoms with E-state index in [1.165, 1.54) is 10.1 Å². The summed E-state index contributed by atoms with van der Waals surface area (Å²) < 4.78 is 0. The summed E-state index contributed by atoms with van der Waals surface area (Å²) in [5.74, 6) is 0. The summed E-state index contributed by atoms with van der Waals surface area (Å²) in [6.45, 7) is 14.8. The van der Waals surface area contributed by atoms with Crippen molar-refractivity contribution in [2.45, 2.75) is 37.8 Å². The van der Waals surface area contributed by atoms with Crippen molar-refractivity contribution in [2.75, 3.05) is 14.1 Å². The van der Waals surface area contributed by atoms with Crippen LogP contribution < -0.4 is 0 Å². The van der Waals surface area contributed by atoms with Crippen molar-refractivity contribution in [3.05, 3.63) is 50.6 Å². The Morgan fingerprint density at radius 1 is 0.818 bits per heavy atom. The summed E-state index contributed by atoms with van der Waals surface area (Å²) in [5, 5.41) is 2.94. The molecule has 0 saturated carbocycles. The van der Waals surface area contributed by atoms with Gasteiger partial charge in [0.25, 0.3) is 0 Å². The number of hydrogen-bond donors (Lipinski definition) is 0. The summed E-state index contributed by atoms with van der Waals surface area (Å²) in [4.78, 5) is 22.2. The zero-order valence-electron chi connectivity index (χ0n) is 13.7. The highest BCUT2D eigenvalue weighted by Gasteiger charge is 2.21. The number of nitrogens with zero attached hydrogens (tertiary/aromatic N) is 2. The van der Waals surface area contributed by atoms with E-state index >= 15 is 0 Å². The molecule has 0 radical (unpaired) electrons. The lowest BCUT2D eigenvalue weighted by atomic mass is 10.1. The van der Waals surface area contributed by atoms with Crippen LogP contribution in [0.4, 0.5) is 4.79 Å². The fourth-order valence-corrected chi connectivity index (χ4v) is 1.96. The lowest BCUT2D eigenvalue weighted by Crippen LogP contribution is -2.38. The van der Waals surface area contributed by atoms with Gasteiger partial charge in [-0.05, 0) is 25.7 Å². The van der Waals surface area contributed by atoms with E-state index in [9.17, 15) is 4.79 Å². The van der Waals surface area contributed by atoms with Crippen molar-refractivity contribution >= 4 is 6.16 Å². The minimum Gasteiger partial charge on any atom is -0.334 e. The molecule has 0 amide bonds. The highest BCUT2D eigenvalue weighted by molar-refractivity contribution is 5.59. The average molecular weight is 308 g/mol. The van der Waals surface area contributed by atoms with Crippen molar-refractivity contribution < 1.29 is 14.5 Å². The molecule has 0 spiro atoms. The van der Waals surface area contributed by atoms with Crippen molar-refractivity contribution in [1.29, 1.82) is 0 Å². The molecule has 124 valence electrons. The van der Waals surface area contributed by atoms with Gasteiger partial charge in [0.1, 0.15) is 0 Å². The fraction of sp³-hybridized carbons (Fsp3) is 0.471. The monoisotopic (exact) mass is 308 g/mol.